The summed E-state index contributed by atoms with van der Waals surface area (Å²) < 4.78 is 33.2. The van der Waals surface area contributed by atoms with Gasteiger partial charge in [0.25, 0.3) is 11.8 Å². The minimum absolute atomic E-state index is 0.0916. The molecule has 0 aromatic carbocycles. The van der Waals surface area contributed by atoms with Gasteiger partial charge in [-0.25, -0.2) is 0 Å². The molecule has 24 heavy (non-hydrogen) atoms. The SMILES string of the molecule is CCCCCC1=C2C(=O)N(S(=O)(=O)O)C(CCCCC)=C2C(=O)N1. The molecule has 2 aliphatic rings. The first-order valence-corrected chi connectivity index (χ1v) is 9.82. The van der Waals surface area contributed by atoms with Crippen molar-refractivity contribution in [2.45, 2.75) is 65.2 Å². The molecule has 0 radical (unpaired) electrons. The Kier molecular flexibility index (Phi) is 5.82. The van der Waals surface area contributed by atoms with Gasteiger partial charge in [-0.05, 0) is 25.7 Å². The lowest BCUT2D eigenvalue weighted by Gasteiger charge is -2.17. The molecule has 0 saturated carbocycles. The van der Waals surface area contributed by atoms with Crippen LogP contribution in [0.25, 0.3) is 0 Å². The Morgan fingerprint density at radius 3 is 2.08 bits per heavy atom. The smallest absolute Gasteiger partial charge is 0.325 e. The average molecular weight is 356 g/mol. The van der Waals surface area contributed by atoms with E-state index in [9.17, 15) is 22.6 Å². The summed E-state index contributed by atoms with van der Waals surface area (Å²) in [6.45, 7) is 4.04. The fraction of sp³-hybridized carbons (Fsp3) is 0.625. The van der Waals surface area contributed by atoms with Gasteiger partial charge >= 0.3 is 10.3 Å². The molecule has 2 heterocycles. The molecular weight excluding hydrogens is 332 g/mol. The first-order chi connectivity index (χ1) is 11.3. The molecule has 0 atom stereocenters. The van der Waals surface area contributed by atoms with Crippen LogP contribution in [-0.4, -0.2) is 29.1 Å². The summed E-state index contributed by atoms with van der Waals surface area (Å²) in [5.41, 5.74) is 0.780. The maximum Gasteiger partial charge on any atom is 0.366 e. The molecule has 0 saturated heterocycles. The van der Waals surface area contributed by atoms with Gasteiger partial charge in [0.1, 0.15) is 0 Å². The minimum atomic E-state index is -4.74. The highest BCUT2D eigenvalue weighted by molar-refractivity contribution is 7.84. The van der Waals surface area contributed by atoms with Crippen molar-refractivity contribution in [3.05, 3.63) is 22.5 Å². The zero-order chi connectivity index (χ0) is 17.9. The molecule has 2 amide bonds. The van der Waals surface area contributed by atoms with Gasteiger partial charge in [0.15, 0.2) is 0 Å². The van der Waals surface area contributed by atoms with E-state index < -0.39 is 22.1 Å². The van der Waals surface area contributed by atoms with Crippen molar-refractivity contribution in [2.24, 2.45) is 0 Å². The number of allylic oxidation sites excluding steroid dienone is 2. The van der Waals surface area contributed by atoms with Crippen LogP contribution in [-0.2, 0) is 19.9 Å². The number of hydrogen-bond acceptors (Lipinski definition) is 4. The van der Waals surface area contributed by atoms with Gasteiger partial charge in [-0.2, -0.15) is 12.7 Å². The van der Waals surface area contributed by atoms with Crippen molar-refractivity contribution < 1.29 is 22.6 Å². The van der Waals surface area contributed by atoms with Gasteiger partial charge in [-0.1, -0.05) is 39.5 Å². The van der Waals surface area contributed by atoms with Crippen LogP contribution in [0.4, 0.5) is 0 Å². The fourth-order valence-corrected chi connectivity index (χ4v) is 3.88. The van der Waals surface area contributed by atoms with Crippen LogP contribution in [0.5, 0.6) is 0 Å². The molecule has 0 fully saturated rings. The van der Waals surface area contributed by atoms with Crippen LogP contribution in [0.2, 0.25) is 0 Å². The number of unbranched alkanes of at least 4 members (excludes halogenated alkanes) is 4. The molecule has 0 unspecified atom stereocenters. The average Bonchev–Trinajstić information content (AvgIpc) is 2.96. The van der Waals surface area contributed by atoms with Crippen LogP contribution < -0.4 is 5.32 Å². The maximum atomic E-state index is 12.6. The number of fused-ring (bicyclic) bond motifs is 1. The highest BCUT2D eigenvalue weighted by Gasteiger charge is 2.48. The molecule has 0 bridgehead atoms. The Hall–Kier alpha value is -1.67. The van der Waals surface area contributed by atoms with Crippen LogP contribution in [0, 0.1) is 0 Å². The number of rotatable bonds is 9. The molecule has 8 heteroatoms. The number of carbonyl (C=O) groups excluding carboxylic acids is 2. The summed E-state index contributed by atoms with van der Waals surface area (Å²) in [5, 5.41) is 2.70. The van der Waals surface area contributed by atoms with Gasteiger partial charge in [0, 0.05) is 5.70 Å². The van der Waals surface area contributed by atoms with Crippen molar-refractivity contribution in [2.75, 3.05) is 0 Å². The lowest BCUT2D eigenvalue weighted by molar-refractivity contribution is -0.121. The second-order valence-electron chi connectivity index (χ2n) is 6.09. The van der Waals surface area contributed by atoms with Crippen molar-refractivity contribution in [1.29, 1.82) is 0 Å². The standard InChI is InChI=1S/C16H24N2O5S/c1-3-5-7-9-11-13-14(15(19)17-11)12(10-8-6-4-2)18(16(13)20)24(21,22)23/h3-10H2,1-2H3,(H,17,19)(H,21,22,23). The van der Waals surface area contributed by atoms with Crippen LogP contribution in [0.15, 0.2) is 22.5 Å². The normalized spacial score (nSPS) is 17.9. The highest BCUT2D eigenvalue weighted by Crippen LogP contribution is 2.39. The number of carbonyl (C=O) groups is 2. The summed E-state index contributed by atoms with van der Waals surface area (Å²) in [6, 6.07) is 0. The third-order valence-electron chi connectivity index (χ3n) is 4.25. The first kappa shape index (κ1) is 18.7. The number of nitrogens with one attached hydrogen (secondary N) is 1. The third kappa shape index (κ3) is 3.54. The number of amides is 2. The molecular formula is C16H24N2O5S. The van der Waals surface area contributed by atoms with Gasteiger partial charge in [0.05, 0.1) is 16.8 Å². The summed E-state index contributed by atoms with van der Waals surface area (Å²) >= 11 is 0. The Labute approximate surface area is 142 Å². The molecule has 2 rings (SSSR count). The van der Waals surface area contributed by atoms with E-state index in [0.29, 0.717) is 22.8 Å². The summed E-state index contributed by atoms with van der Waals surface area (Å²) in [4.78, 5) is 24.9. The van der Waals surface area contributed by atoms with Gasteiger partial charge in [0.2, 0.25) is 0 Å². The largest absolute Gasteiger partial charge is 0.366 e. The predicted molar refractivity (Wildman–Crippen MR) is 88.9 cm³/mol. The van der Waals surface area contributed by atoms with E-state index in [-0.39, 0.29) is 23.3 Å². The highest BCUT2D eigenvalue weighted by atomic mass is 32.2. The van der Waals surface area contributed by atoms with Crippen molar-refractivity contribution in [3.63, 3.8) is 0 Å². The summed E-state index contributed by atoms with van der Waals surface area (Å²) in [6.07, 6.45) is 5.90. The van der Waals surface area contributed by atoms with Gasteiger partial charge in [-0.15, -0.1) is 0 Å². The van der Waals surface area contributed by atoms with Crippen molar-refractivity contribution in [3.8, 4) is 0 Å². The molecule has 7 nitrogen and oxygen atoms in total. The second kappa shape index (κ2) is 7.48. The molecule has 0 spiro atoms. The molecule has 0 aromatic heterocycles. The Bertz CT molecular complexity index is 706. The van der Waals surface area contributed by atoms with E-state index in [1.807, 2.05) is 13.8 Å². The van der Waals surface area contributed by atoms with Crippen LogP contribution >= 0.6 is 0 Å². The zero-order valence-corrected chi connectivity index (χ0v) is 14.9. The topological polar surface area (TPSA) is 104 Å². The predicted octanol–water partition coefficient (Wildman–Crippen LogP) is 2.43. The van der Waals surface area contributed by atoms with Crippen molar-refractivity contribution >= 4 is 22.1 Å². The molecule has 0 aromatic rings. The third-order valence-corrected chi connectivity index (χ3v) is 5.10. The number of hydrogen-bond donors (Lipinski definition) is 2. The van der Waals surface area contributed by atoms with E-state index >= 15 is 0 Å². The fourth-order valence-electron chi connectivity index (χ4n) is 3.12. The summed E-state index contributed by atoms with van der Waals surface area (Å²) in [7, 11) is -4.74. The van der Waals surface area contributed by atoms with E-state index in [1.54, 1.807) is 0 Å². The van der Waals surface area contributed by atoms with E-state index in [4.69, 9.17) is 0 Å². The van der Waals surface area contributed by atoms with E-state index in [1.165, 1.54) is 0 Å². The van der Waals surface area contributed by atoms with Crippen molar-refractivity contribution in [1.82, 2.24) is 9.62 Å². The molecule has 0 aliphatic carbocycles. The maximum absolute atomic E-state index is 12.6. The zero-order valence-electron chi connectivity index (χ0n) is 14.1. The second-order valence-corrected chi connectivity index (χ2v) is 7.35. The van der Waals surface area contributed by atoms with Gasteiger partial charge < -0.3 is 5.32 Å². The quantitative estimate of drug-likeness (QED) is 0.488. The lowest BCUT2D eigenvalue weighted by Crippen LogP contribution is -2.33. The van der Waals surface area contributed by atoms with Crippen LogP contribution in [0.1, 0.15) is 65.2 Å². The molecule has 134 valence electrons. The minimum Gasteiger partial charge on any atom is -0.325 e. The Morgan fingerprint density at radius 1 is 0.958 bits per heavy atom. The molecule has 2 N–H and O–H groups in total. The Morgan fingerprint density at radius 2 is 1.54 bits per heavy atom. The first-order valence-electron chi connectivity index (χ1n) is 8.43. The van der Waals surface area contributed by atoms with Gasteiger partial charge in [-0.3, -0.25) is 14.1 Å². The number of nitrogens with zero attached hydrogens (tertiary/aromatic N) is 1. The monoisotopic (exact) mass is 356 g/mol. The Balaban J connectivity index is 2.42. The van der Waals surface area contributed by atoms with E-state index in [2.05, 4.69) is 5.32 Å². The van der Waals surface area contributed by atoms with E-state index in [0.717, 1.165) is 32.1 Å². The lowest BCUT2D eigenvalue weighted by atomic mass is 10.0. The van der Waals surface area contributed by atoms with Crippen LogP contribution in [0.3, 0.4) is 0 Å². The molecule has 2 aliphatic heterocycles. The summed E-state index contributed by atoms with van der Waals surface area (Å²) in [5.74, 6) is -1.29.